The molecule has 0 bridgehead atoms. The van der Waals surface area contributed by atoms with Crippen LogP contribution in [0.15, 0.2) is 30.3 Å². The topological polar surface area (TPSA) is 64.6 Å². The van der Waals surface area contributed by atoms with E-state index in [4.69, 9.17) is 9.47 Å². The van der Waals surface area contributed by atoms with E-state index in [0.29, 0.717) is 12.1 Å². The Kier molecular flexibility index (Phi) is 5.76. The van der Waals surface area contributed by atoms with Crippen LogP contribution in [0.2, 0.25) is 0 Å². The average Bonchev–Trinajstić information content (AvgIpc) is 2.89. The fraction of sp³-hybridized carbons (Fsp3) is 0.294. The Balaban J connectivity index is 1.81. The summed E-state index contributed by atoms with van der Waals surface area (Å²) in [5, 5.41) is 2.71. The zero-order valence-corrected chi connectivity index (χ0v) is 14.2. The lowest BCUT2D eigenvalue weighted by Crippen LogP contribution is -2.28. The van der Waals surface area contributed by atoms with E-state index in [1.54, 1.807) is 13.2 Å². The molecule has 1 amide bonds. The second kappa shape index (κ2) is 7.78. The van der Waals surface area contributed by atoms with E-state index in [-0.39, 0.29) is 12.5 Å². The molecule has 0 spiro atoms. The zero-order chi connectivity index (χ0) is 16.8. The van der Waals surface area contributed by atoms with Gasteiger partial charge < -0.3 is 14.8 Å². The summed E-state index contributed by atoms with van der Waals surface area (Å²) >= 11 is 1.53. The van der Waals surface area contributed by atoms with E-state index in [9.17, 15) is 9.59 Å². The van der Waals surface area contributed by atoms with Crippen molar-refractivity contribution >= 4 is 23.2 Å². The highest BCUT2D eigenvalue weighted by atomic mass is 32.1. The molecule has 0 saturated heterocycles. The van der Waals surface area contributed by atoms with Crippen LogP contribution in [0, 0.1) is 13.8 Å². The van der Waals surface area contributed by atoms with Crippen molar-refractivity contribution in [2.75, 3.05) is 13.7 Å². The number of amides is 1. The maximum atomic E-state index is 11.9. The van der Waals surface area contributed by atoms with Gasteiger partial charge in [0.2, 0.25) is 0 Å². The van der Waals surface area contributed by atoms with Gasteiger partial charge in [0.1, 0.15) is 5.75 Å². The van der Waals surface area contributed by atoms with Crippen LogP contribution in [0.4, 0.5) is 0 Å². The average molecular weight is 333 g/mol. The molecule has 1 heterocycles. The molecule has 1 aromatic carbocycles. The minimum atomic E-state index is -0.469. The Labute approximate surface area is 139 Å². The summed E-state index contributed by atoms with van der Waals surface area (Å²) in [4.78, 5) is 25.6. The SMILES string of the molecule is COc1cccc(CNC(=O)COC(=O)c2cc(C)sc2C)c1. The van der Waals surface area contributed by atoms with Crippen LogP contribution in [-0.2, 0) is 16.1 Å². The highest BCUT2D eigenvalue weighted by Gasteiger charge is 2.14. The second-order valence-electron chi connectivity index (χ2n) is 5.03. The zero-order valence-electron chi connectivity index (χ0n) is 13.3. The van der Waals surface area contributed by atoms with Crippen molar-refractivity contribution < 1.29 is 19.1 Å². The highest BCUT2D eigenvalue weighted by Crippen LogP contribution is 2.21. The Morgan fingerprint density at radius 1 is 1.22 bits per heavy atom. The molecule has 1 N–H and O–H groups in total. The van der Waals surface area contributed by atoms with Gasteiger partial charge in [0.25, 0.3) is 5.91 Å². The molecule has 0 unspecified atom stereocenters. The van der Waals surface area contributed by atoms with Gasteiger partial charge in [-0.3, -0.25) is 4.79 Å². The molecule has 122 valence electrons. The fourth-order valence-electron chi connectivity index (χ4n) is 2.08. The lowest BCUT2D eigenvalue weighted by Gasteiger charge is -2.07. The number of hydrogen-bond donors (Lipinski definition) is 1. The molecule has 2 rings (SSSR count). The number of rotatable bonds is 6. The molecule has 0 saturated carbocycles. The first-order chi connectivity index (χ1) is 11.0. The van der Waals surface area contributed by atoms with Crippen LogP contribution in [0.3, 0.4) is 0 Å². The monoisotopic (exact) mass is 333 g/mol. The van der Waals surface area contributed by atoms with Crippen molar-refractivity contribution in [2.45, 2.75) is 20.4 Å². The van der Waals surface area contributed by atoms with Crippen molar-refractivity contribution in [2.24, 2.45) is 0 Å². The van der Waals surface area contributed by atoms with E-state index in [0.717, 1.165) is 21.1 Å². The van der Waals surface area contributed by atoms with Crippen LogP contribution >= 0.6 is 11.3 Å². The minimum absolute atomic E-state index is 0.295. The summed E-state index contributed by atoms with van der Waals surface area (Å²) < 4.78 is 10.2. The van der Waals surface area contributed by atoms with Gasteiger partial charge in [0.15, 0.2) is 6.61 Å². The first-order valence-electron chi connectivity index (χ1n) is 7.13. The van der Waals surface area contributed by atoms with Crippen LogP contribution in [-0.4, -0.2) is 25.6 Å². The number of carbonyl (C=O) groups excluding carboxylic acids is 2. The number of carbonyl (C=O) groups is 2. The number of benzene rings is 1. The molecule has 0 aliphatic rings. The van der Waals surface area contributed by atoms with Gasteiger partial charge in [0.05, 0.1) is 12.7 Å². The molecule has 0 aliphatic carbocycles. The van der Waals surface area contributed by atoms with E-state index in [1.807, 2.05) is 38.1 Å². The third-order valence-electron chi connectivity index (χ3n) is 3.22. The summed E-state index contributed by atoms with van der Waals surface area (Å²) in [6.45, 7) is 3.84. The minimum Gasteiger partial charge on any atom is -0.497 e. The molecular formula is C17H19NO4S. The maximum absolute atomic E-state index is 11.9. The number of ether oxygens (including phenoxy) is 2. The van der Waals surface area contributed by atoms with Gasteiger partial charge in [-0.05, 0) is 37.6 Å². The largest absolute Gasteiger partial charge is 0.497 e. The van der Waals surface area contributed by atoms with Gasteiger partial charge in [-0.2, -0.15) is 0 Å². The Hall–Kier alpha value is -2.34. The molecule has 0 aliphatic heterocycles. The van der Waals surface area contributed by atoms with E-state index >= 15 is 0 Å². The van der Waals surface area contributed by atoms with Crippen molar-refractivity contribution in [1.82, 2.24) is 5.32 Å². The van der Waals surface area contributed by atoms with Gasteiger partial charge in [0, 0.05) is 16.3 Å². The van der Waals surface area contributed by atoms with E-state index in [1.165, 1.54) is 11.3 Å². The van der Waals surface area contributed by atoms with Crippen molar-refractivity contribution in [3.05, 3.63) is 51.2 Å². The number of hydrogen-bond acceptors (Lipinski definition) is 5. The van der Waals surface area contributed by atoms with Gasteiger partial charge in [-0.15, -0.1) is 11.3 Å². The fourth-order valence-corrected chi connectivity index (χ4v) is 2.99. The molecule has 1 aromatic heterocycles. The predicted octanol–water partition coefficient (Wildman–Crippen LogP) is 2.85. The molecule has 0 fully saturated rings. The Morgan fingerprint density at radius 3 is 2.65 bits per heavy atom. The summed E-state index contributed by atoms with van der Waals surface area (Å²) in [6.07, 6.45) is 0. The molecule has 0 atom stereocenters. The first-order valence-corrected chi connectivity index (χ1v) is 7.95. The van der Waals surface area contributed by atoms with Crippen LogP contribution in [0.1, 0.15) is 25.7 Å². The third-order valence-corrected chi connectivity index (χ3v) is 4.19. The Morgan fingerprint density at radius 2 is 2.00 bits per heavy atom. The standard InChI is InChI=1S/C17H19NO4S/c1-11-7-15(12(2)23-11)17(20)22-10-16(19)18-9-13-5-4-6-14(8-13)21-3/h4-8H,9-10H2,1-3H3,(H,18,19). The van der Waals surface area contributed by atoms with Crippen molar-refractivity contribution in [1.29, 1.82) is 0 Å². The second-order valence-corrected chi connectivity index (χ2v) is 6.49. The number of thiophene rings is 1. The maximum Gasteiger partial charge on any atom is 0.339 e. The normalized spacial score (nSPS) is 10.2. The van der Waals surface area contributed by atoms with Gasteiger partial charge >= 0.3 is 5.97 Å². The molecule has 6 heteroatoms. The lowest BCUT2D eigenvalue weighted by molar-refractivity contribution is -0.124. The summed E-state index contributed by atoms with van der Waals surface area (Å²) in [6, 6.07) is 9.17. The molecule has 2 aromatic rings. The van der Waals surface area contributed by atoms with Crippen LogP contribution in [0.25, 0.3) is 0 Å². The predicted molar refractivity (Wildman–Crippen MR) is 88.9 cm³/mol. The highest BCUT2D eigenvalue weighted by molar-refractivity contribution is 7.12. The summed E-state index contributed by atoms with van der Waals surface area (Å²) in [5.74, 6) is -0.0827. The Bertz CT molecular complexity index is 708. The van der Waals surface area contributed by atoms with Gasteiger partial charge in [-0.1, -0.05) is 12.1 Å². The number of esters is 1. The van der Waals surface area contributed by atoms with Crippen molar-refractivity contribution in [3.63, 3.8) is 0 Å². The van der Waals surface area contributed by atoms with Crippen molar-refractivity contribution in [3.8, 4) is 5.75 Å². The number of aryl methyl sites for hydroxylation is 2. The third kappa shape index (κ3) is 4.82. The number of methoxy groups -OCH3 is 1. The van der Waals surface area contributed by atoms with Crippen LogP contribution in [0.5, 0.6) is 5.75 Å². The van der Waals surface area contributed by atoms with E-state index in [2.05, 4.69) is 5.32 Å². The quantitative estimate of drug-likeness (QED) is 0.826. The summed E-state index contributed by atoms with van der Waals surface area (Å²) in [5.41, 5.74) is 1.43. The lowest BCUT2D eigenvalue weighted by atomic mass is 10.2. The van der Waals surface area contributed by atoms with E-state index < -0.39 is 5.97 Å². The molecular weight excluding hydrogens is 314 g/mol. The smallest absolute Gasteiger partial charge is 0.339 e. The first kappa shape index (κ1) is 17.0. The van der Waals surface area contributed by atoms with Gasteiger partial charge in [-0.25, -0.2) is 4.79 Å². The molecule has 5 nitrogen and oxygen atoms in total. The molecule has 23 heavy (non-hydrogen) atoms. The number of nitrogens with one attached hydrogen (secondary N) is 1. The summed E-state index contributed by atoms with van der Waals surface area (Å²) in [7, 11) is 1.59. The molecule has 0 radical (unpaired) electrons. The van der Waals surface area contributed by atoms with Crippen LogP contribution < -0.4 is 10.1 Å².